The number of nitrogens with one attached hydrogen (secondary N) is 1. The number of H-pyrrole nitrogens is 1. The quantitative estimate of drug-likeness (QED) is 0.478. The lowest BCUT2D eigenvalue weighted by atomic mass is 9.99. The van der Waals surface area contributed by atoms with Crippen LogP contribution in [0.5, 0.6) is 0 Å². The Hall–Kier alpha value is -2.64. The summed E-state index contributed by atoms with van der Waals surface area (Å²) in [6.45, 7) is 7.53. The number of hydrogen-bond donors (Lipinski definition) is 1. The maximum Gasteiger partial charge on any atom is 0.355 e. The number of ketones is 1. The number of esters is 1. The summed E-state index contributed by atoms with van der Waals surface area (Å²) in [5, 5.41) is 0.518. The number of halogens is 1. The molecular weight excluding hydrogens is 408 g/mol. The number of hydrogen-bond acceptors (Lipinski definition) is 5. The highest BCUT2D eigenvalue weighted by atomic mass is 35.5. The first kappa shape index (κ1) is 23.6. The third-order valence-corrected chi connectivity index (χ3v) is 5.15. The Morgan fingerprint density at radius 2 is 1.80 bits per heavy atom. The van der Waals surface area contributed by atoms with Gasteiger partial charge in [-0.25, -0.2) is 4.79 Å². The van der Waals surface area contributed by atoms with Crippen LogP contribution in [0.2, 0.25) is 5.02 Å². The van der Waals surface area contributed by atoms with Crippen LogP contribution in [0.4, 0.5) is 0 Å². The zero-order valence-corrected chi connectivity index (χ0v) is 18.6. The molecular formula is C22H27ClN2O5. The van der Waals surface area contributed by atoms with E-state index in [1.807, 2.05) is 0 Å². The van der Waals surface area contributed by atoms with Crippen molar-refractivity contribution >= 4 is 29.3 Å². The number of carbonyl (C=O) groups excluding carboxylic acids is 3. The molecule has 0 fully saturated rings. The van der Waals surface area contributed by atoms with Gasteiger partial charge in [-0.3, -0.25) is 9.59 Å². The van der Waals surface area contributed by atoms with Gasteiger partial charge in [0.15, 0.2) is 5.78 Å². The number of Topliss-reactive ketones (excluding diaryl/α,β-unsaturated/α-hetero) is 1. The molecule has 0 aliphatic rings. The largest absolute Gasteiger partial charge is 0.461 e. The van der Waals surface area contributed by atoms with Crippen LogP contribution >= 0.6 is 11.6 Å². The Morgan fingerprint density at radius 3 is 2.37 bits per heavy atom. The monoisotopic (exact) mass is 434 g/mol. The van der Waals surface area contributed by atoms with Crippen molar-refractivity contribution < 1.29 is 23.9 Å². The van der Waals surface area contributed by atoms with Gasteiger partial charge in [-0.05, 0) is 57.5 Å². The second kappa shape index (κ2) is 10.4. The van der Waals surface area contributed by atoms with Crippen LogP contribution in [-0.2, 0) is 9.47 Å². The molecule has 0 saturated heterocycles. The second-order valence-corrected chi connectivity index (χ2v) is 7.32. The predicted molar refractivity (Wildman–Crippen MR) is 114 cm³/mol. The summed E-state index contributed by atoms with van der Waals surface area (Å²) in [6.07, 6.45) is 0. The summed E-state index contributed by atoms with van der Waals surface area (Å²) < 4.78 is 10.2. The molecule has 162 valence electrons. The fraction of sp³-hybridized carbons (Fsp3) is 0.409. The topological polar surface area (TPSA) is 88.7 Å². The third-order valence-electron chi connectivity index (χ3n) is 4.90. The highest BCUT2D eigenvalue weighted by Crippen LogP contribution is 2.23. The Balaban J connectivity index is 2.37. The third kappa shape index (κ3) is 5.09. The van der Waals surface area contributed by atoms with Gasteiger partial charge < -0.3 is 19.4 Å². The van der Waals surface area contributed by atoms with Crippen molar-refractivity contribution in [3.63, 3.8) is 0 Å². The molecule has 2 rings (SSSR count). The molecule has 0 spiro atoms. The van der Waals surface area contributed by atoms with Crippen molar-refractivity contribution in [2.45, 2.75) is 33.7 Å². The molecule has 0 aliphatic heterocycles. The van der Waals surface area contributed by atoms with E-state index in [0.29, 0.717) is 27.4 Å². The first-order valence-electron chi connectivity index (χ1n) is 9.68. The Labute approximate surface area is 181 Å². The van der Waals surface area contributed by atoms with Gasteiger partial charge in [-0.2, -0.15) is 0 Å². The fourth-order valence-electron chi connectivity index (χ4n) is 3.30. The number of carbonyl (C=O) groups is 3. The average Bonchev–Trinajstić information content (AvgIpc) is 3.02. The number of nitrogens with zero attached hydrogens (tertiary/aromatic N) is 1. The van der Waals surface area contributed by atoms with Crippen LogP contribution in [0.15, 0.2) is 24.3 Å². The summed E-state index contributed by atoms with van der Waals surface area (Å²) in [7, 11) is 1.53. The summed E-state index contributed by atoms with van der Waals surface area (Å²) in [5.41, 5.74) is 2.12. The molecule has 30 heavy (non-hydrogen) atoms. The van der Waals surface area contributed by atoms with Crippen LogP contribution in [0.3, 0.4) is 0 Å². The van der Waals surface area contributed by atoms with Crippen LogP contribution < -0.4 is 0 Å². The van der Waals surface area contributed by atoms with Crippen molar-refractivity contribution in [1.29, 1.82) is 0 Å². The molecule has 1 aromatic carbocycles. The molecule has 1 aromatic heterocycles. The number of benzene rings is 1. The average molecular weight is 435 g/mol. The van der Waals surface area contributed by atoms with Gasteiger partial charge in [0.05, 0.1) is 19.3 Å². The van der Waals surface area contributed by atoms with Gasteiger partial charge >= 0.3 is 5.97 Å². The second-order valence-electron chi connectivity index (χ2n) is 6.88. The maximum atomic E-state index is 13.3. The van der Waals surface area contributed by atoms with Crippen molar-refractivity contribution in [3.8, 4) is 0 Å². The van der Waals surface area contributed by atoms with E-state index in [1.165, 1.54) is 12.0 Å². The number of aromatic nitrogens is 1. The highest BCUT2D eigenvalue weighted by Gasteiger charge is 2.31. The molecule has 2 aromatic rings. The predicted octanol–water partition coefficient (Wildman–Crippen LogP) is 3.82. The number of rotatable bonds is 9. The number of methoxy groups -OCH3 is 1. The minimum atomic E-state index is -0.772. The van der Waals surface area contributed by atoms with Crippen molar-refractivity contribution in [2.24, 2.45) is 0 Å². The molecule has 0 unspecified atom stereocenters. The zero-order valence-electron chi connectivity index (χ0n) is 17.9. The molecule has 8 heteroatoms. The molecule has 7 nitrogen and oxygen atoms in total. The first-order chi connectivity index (χ1) is 14.2. The SMILES string of the molecule is CCOC(=O)c1[nH]c(C)c(C(=O)[C@H](C)N(CCOC)C(=O)c2ccc(Cl)cc2)c1C. The molecule has 1 atom stereocenters. The van der Waals surface area contributed by atoms with Crippen LogP contribution in [0, 0.1) is 13.8 Å². The highest BCUT2D eigenvalue weighted by molar-refractivity contribution is 6.30. The van der Waals surface area contributed by atoms with Gasteiger partial charge in [-0.1, -0.05) is 11.6 Å². The molecule has 1 N–H and O–H groups in total. The van der Waals surface area contributed by atoms with E-state index in [0.717, 1.165) is 0 Å². The number of aryl methyl sites for hydroxylation is 1. The minimum absolute atomic E-state index is 0.233. The number of ether oxygens (including phenoxy) is 2. The molecule has 0 bridgehead atoms. The van der Waals surface area contributed by atoms with Gasteiger partial charge in [0.2, 0.25) is 0 Å². The lowest BCUT2D eigenvalue weighted by Gasteiger charge is -2.28. The summed E-state index contributed by atoms with van der Waals surface area (Å²) in [5.74, 6) is -1.09. The van der Waals surface area contributed by atoms with Crippen molar-refractivity contribution in [2.75, 3.05) is 26.9 Å². The van der Waals surface area contributed by atoms with E-state index in [2.05, 4.69) is 4.98 Å². The van der Waals surface area contributed by atoms with Gasteiger partial charge in [0, 0.05) is 35.5 Å². The maximum absolute atomic E-state index is 13.3. The van der Waals surface area contributed by atoms with Crippen LogP contribution in [0.25, 0.3) is 0 Å². The first-order valence-corrected chi connectivity index (χ1v) is 10.1. The van der Waals surface area contributed by atoms with Gasteiger partial charge in [0.1, 0.15) is 5.69 Å². The Morgan fingerprint density at radius 1 is 1.17 bits per heavy atom. The lowest BCUT2D eigenvalue weighted by Crippen LogP contribution is -2.45. The van der Waals surface area contributed by atoms with E-state index in [-0.39, 0.29) is 37.1 Å². The van der Waals surface area contributed by atoms with E-state index < -0.39 is 12.0 Å². The molecule has 0 radical (unpaired) electrons. The molecule has 1 amide bonds. The standard InChI is InChI=1S/C22H27ClN2O5/c1-6-30-22(28)19-13(2)18(14(3)24-19)20(26)15(4)25(11-12-29-5)21(27)16-7-9-17(23)10-8-16/h7-10,15,24H,6,11-12H2,1-5H3/t15-/m0/s1. The smallest absolute Gasteiger partial charge is 0.355 e. The van der Waals surface area contributed by atoms with E-state index in [1.54, 1.807) is 52.0 Å². The molecule has 0 aliphatic carbocycles. The lowest BCUT2D eigenvalue weighted by molar-refractivity contribution is 0.0518. The summed E-state index contributed by atoms with van der Waals surface area (Å²) >= 11 is 5.92. The normalized spacial score (nSPS) is 11.8. The van der Waals surface area contributed by atoms with E-state index in [9.17, 15) is 14.4 Å². The van der Waals surface area contributed by atoms with Crippen LogP contribution in [-0.4, -0.2) is 60.5 Å². The summed E-state index contributed by atoms with van der Waals surface area (Å²) in [6, 6.07) is 5.72. The zero-order chi connectivity index (χ0) is 22.4. The molecule has 0 saturated carbocycles. The Bertz CT molecular complexity index is 920. The summed E-state index contributed by atoms with van der Waals surface area (Å²) in [4.78, 5) is 43.0. The minimum Gasteiger partial charge on any atom is -0.461 e. The molecule has 1 heterocycles. The van der Waals surface area contributed by atoms with E-state index >= 15 is 0 Å². The van der Waals surface area contributed by atoms with E-state index in [4.69, 9.17) is 21.1 Å². The van der Waals surface area contributed by atoms with Gasteiger partial charge in [0.25, 0.3) is 5.91 Å². The number of amides is 1. The van der Waals surface area contributed by atoms with Crippen LogP contribution in [0.1, 0.15) is 56.3 Å². The Kier molecular flexibility index (Phi) is 8.20. The van der Waals surface area contributed by atoms with Crippen molar-refractivity contribution in [1.82, 2.24) is 9.88 Å². The number of aromatic amines is 1. The van der Waals surface area contributed by atoms with Crippen molar-refractivity contribution in [3.05, 3.63) is 57.4 Å². The van der Waals surface area contributed by atoms with Gasteiger partial charge in [-0.15, -0.1) is 0 Å². The fourth-order valence-corrected chi connectivity index (χ4v) is 3.42.